The van der Waals surface area contributed by atoms with Crippen LogP contribution in [-0.4, -0.2) is 32.6 Å². The lowest BCUT2D eigenvalue weighted by Crippen LogP contribution is -2.44. The fraction of sp³-hybridized carbons (Fsp3) is 0.407. The molecule has 1 aliphatic carbocycles. The van der Waals surface area contributed by atoms with Crippen molar-refractivity contribution in [1.29, 1.82) is 0 Å². The van der Waals surface area contributed by atoms with Crippen LogP contribution in [0.25, 0.3) is 0 Å². The molecule has 1 atom stereocenters. The van der Waals surface area contributed by atoms with Gasteiger partial charge in [0, 0.05) is 31.2 Å². The molecule has 0 saturated heterocycles. The molecule has 1 aromatic heterocycles. The number of aliphatic hydroxyl groups is 1. The van der Waals surface area contributed by atoms with E-state index in [2.05, 4.69) is 10.1 Å². The molecule has 5 rings (SSSR count). The number of hydrogen-bond acceptors (Lipinski definition) is 7. The van der Waals surface area contributed by atoms with E-state index in [-0.39, 0.29) is 36.8 Å². The predicted molar refractivity (Wildman–Crippen MR) is 143 cm³/mol. The number of anilines is 2. The van der Waals surface area contributed by atoms with Crippen molar-refractivity contribution < 1.29 is 27.8 Å². The van der Waals surface area contributed by atoms with E-state index in [0.29, 0.717) is 17.9 Å². The summed E-state index contributed by atoms with van der Waals surface area (Å²) < 4.78 is 50.7. The highest BCUT2D eigenvalue weighted by Gasteiger charge is 2.38. The maximum absolute atomic E-state index is 13.8. The maximum Gasteiger partial charge on any atom is 0.573 e. The molecular formula is C27H28ClF3N4O5. The minimum absolute atomic E-state index is 0.0341. The molecule has 0 amide bonds. The molecule has 2 heterocycles. The van der Waals surface area contributed by atoms with Gasteiger partial charge in [-0.25, -0.2) is 4.79 Å². The molecule has 2 aliphatic rings. The second-order valence-corrected chi connectivity index (χ2v) is 10.5. The molecule has 0 radical (unpaired) electrons. The molecule has 0 bridgehead atoms. The van der Waals surface area contributed by atoms with Gasteiger partial charge in [-0.05, 0) is 49.1 Å². The Morgan fingerprint density at radius 1 is 1.10 bits per heavy atom. The molecular weight excluding hydrogens is 553 g/mol. The zero-order valence-electron chi connectivity index (χ0n) is 21.6. The lowest BCUT2D eigenvalue weighted by molar-refractivity contribution is -0.274. The first-order valence-corrected chi connectivity index (χ1v) is 13.2. The monoisotopic (exact) mass is 580 g/mol. The van der Waals surface area contributed by atoms with Gasteiger partial charge in [0.1, 0.15) is 23.0 Å². The lowest BCUT2D eigenvalue weighted by atomic mass is 9.98. The Hall–Kier alpha value is -3.64. The van der Waals surface area contributed by atoms with Gasteiger partial charge in [0.05, 0.1) is 5.60 Å². The van der Waals surface area contributed by atoms with Crippen molar-refractivity contribution in [2.75, 3.05) is 10.2 Å². The second-order valence-electron chi connectivity index (χ2n) is 10.1. The SMILES string of the molecule is Cn1c2c(c(=O)n(CCC3(O)CCCC3)c1=O)N(Cc1ccc(Cl)cc1)C(Oc1cccc(OC(F)(F)F)c1)N2. The van der Waals surface area contributed by atoms with E-state index >= 15 is 0 Å². The lowest BCUT2D eigenvalue weighted by Gasteiger charge is -2.27. The van der Waals surface area contributed by atoms with Crippen molar-refractivity contribution in [1.82, 2.24) is 9.13 Å². The molecule has 1 aliphatic heterocycles. The number of alkyl halides is 3. The van der Waals surface area contributed by atoms with Crippen LogP contribution in [-0.2, 0) is 20.1 Å². The van der Waals surface area contributed by atoms with Crippen LogP contribution in [0.4, 0.5) is 24.7 Å². The van der Waals surface area contributed by atoms with Gasteiger partial charge in [-0.1, -0.05) is 42.6 Å². The van der Waals surface area contributed by atoms with E-state index in [0.717, 1.165) is 35.1 Å². The number of nitrogens with zero attached hydrogens (tertiary/aromatic N) is 3. The summed E-state index contributed by atoms with van der Waals surface area (Å²) in [6.07, 6.45) is -2.66. The Balaban J connectivity index is 1.51. The molecule has 1 unspecified atom stereocenters. The molecule has 9 nitrogen and oxygen atoms in total. The summed E-state index contributed by atoms with van der Waals surface area (Å²) in [4.78, 5) is 28.6. The van der Waals surface area contributed by atoms with Crippen LogP contribution in [0.3, 0.4) is 0 Å². The highest BCUT2D eigenvalue weighted by Crippen LogP contribution is 2.35. The summed E-state index contributed by atoms with van der Waals surface area (Å²) in [6, 6.07) is 11.9. The zero-order chi connectivity index (χ0) is 28.7. The van der Waals surface area contributed by atoms with Crippen LogP contribution in [0.5, 0.6) is 11.5 Å². The predicted octanol–water partition coefficient (Wildman–Crippen LogP) is 4.59. The standard InChI is InChI=1S/C27H28ClF3N4O5/c1-33-22-21(23(36)34(25(33)37)14-13-26(38)11-2-3-12-26)35(16-17-7-9-18(28)10-8-17)24(32-22)39-19-5-4-6-20(15-19)40-27(29,30)31/h4-10,15,24,32,38H,2-3,11-14,16H2,1H3. The third kappa shape index (κ3) is 5.92. The molecule has 1 saturated carbocycles. The van der Waals surface area contributed by atoms with E-state index in [4.69, 9.17) is 16.3 Å². The van der Waals surface area contributed by atoms with Crippen LogP contribution in [0.2, 0.25) is 5.02 Å². The topological polar surface area (TPSA) is 98.0 Å². The summed E-state index contributed by atoms with van der Waals surface area (Å²) in [7, 11) is 1.51. The first kappa shape index (κ1) is 27.9. The van der Waals surface area contributed by atoms with Crippen LogP contribution in [0.1, 0.15) is 37.7 Å². The Morgan fingerprint density at radius 2 is 1.77 bits per heavy atom. The number of hydrogen-bond donors (Lipinski definition) is 2. The fourth-order valence-electron chi connectivity index (χ4n) is 5.20. The Kier molecular flexibility index (Phi) is 7.49. The number of fused-ring (bicyclic) bond motifs is 1. The van der Waals surface area contributed by atoms with Crippen molar-refractivity contribution in [2.45, 2.75) is 63.5 Å². The van der Waals surface area contributed by atoms with Gasteiger partial charge in [0.25, 0.3) is 11.9 Å². The van der Waals surface area contributed by atoms with E-state index in [1.165, 1.54) is 23.7 Å². The molecule has 3 aromatic rings. The summed E-state index contributed by atoms with van der Waals surface area (Å²) in [5, 5.41) is 14.4. The average molecular weight is 581 g/mol. The third-order valence-corrected chi connectivity index (χ3v) is 7.50. The average Bonchev–Trinajstić information content (AvgIpc) is 3.47. The Bertz CT molecular complexity index is 1500. The summed E-state index contributed by atoms with van der Waals surface area (Å²) >= 11 is 6.04. The van der Waals surface area contributed by atoms with E-state index < -0.39 is 35.3 Å². The van der Waals surface area contributed by atoms with E-state index in [1.807, 2.05) is 0 Å². The van der Waals surface area contributed by atoms with Gasteiger partial charge >= 0.3 is 12.1 Å². The maximum atomic E-state index is 13.8. The molecule has 2 aromatic carbocycles. The molecule has 2 N–H and O–H groups in total. The zero-order valence-corrected chi connectivity index (χ0v) is 22.3. The summed E-state index contributed by atoms with van der Waals surface area (Å²) in [6.45, 7) is 0.185. The van der Waals surface area contributed by atoms with Crippen molar-refractivity contribution in [3.63, 3.8) is 0 Å². The highest BCUT2D eigenvalue weighted by molar-refractivity contribution is 6.30. The van der Waals surface area contributed by atoms with Crippen molar-refractivity contribution in [3.8, 4) is 11.5 Å². The molecule has 0 spiro atoms. The smallest absolute Gasteiger partial charge is 0.452 e. The quantitative estimate of drug-likeness (QED) is 0.402. The van der Waals surface area contributed by atoms with Crippen LogP contribution in [0, 0.1) is 0 Å². The molecule has 214 valence electrons. The number of aromatic nitrogens is 2. The normalized spacial score (nSPS) is 17.9. The van der Waals surface area contributed by atoms with Crippen molar-refractivity contribution in [3.05, 3.63) is 80.0 Å². The van der Waals surface area contributed by atoms with Crippen LogP contribution in [0.15, 0.2) is 58.1 Å². The number of nitrogens with one attached hydrogen (secondary N) is 1. The van der Waals surface area contributed by atoms with Gasteiger partial charge in [0.15, 0.2) is 0 Å². The molecule has 40 heavy (non-hydrogen) atoms. The van der Waals surface area contributed by atoms with Gasteiger partial charge in [-0.15, -0.1) is 13.2 Å². The van der Waals surface area contributed by atoms with Crippen LogP contribution >= 0.6 is 11.6 Å². The van der Waals surface area contributed by atoms with Crippen molar-refractivity contribution in [2.24, 2.45) is 7.05 Å². The Labute approximate surface area is 232 Å². The number of benzene rings is 2. The number of ether oxygens (including phenoxy) is 2. The summed E-state index contributed by atoms with van der Waals surface area (Å²) in [5.41, 5.74) is -1.13. The van der Waals surface area contributed by atoms with E-state index in [9.17, 15) is 27.9 Å². The summed E-state index contributed by atoms with van der Waals surface area (Å²) in [5.74, 6) is -0.223. The third-order valence-electron chi connectivity index (χ3n) is 7.24. The second kappa shape index (κ2) is 10.7. The number of rotatable bonds is 8. The minimum Gasteiger partial charge on any atom is -0.452 e. The van der Waals surface area contributed by atoms with Gasteiger partial charge in [-0.2, -0.15) is 0 Å². The largest absolute Gasteiger partial charge is 0.573 e. The first-order chi connectivity index (χ1) is 18.9. The fourth-order valence-corrected chi connectivity index (χ4v) is 5.33. The van der Waals surface area contributed by atoms with Gasteiger partial charge in [0.2, 0.25) is 0 Å². The Morgan fingerprint density at radius 3 is 2.45 bits per heavy atom. The van der Waals surface area contributed by atoms with Gasteiger partial charge < -0.3 is 24.8 Å². The minimum atomic E-state index is -4.88. The van der Waals surface area contributed by atoms with Crippen molar-refractivity contribution >= 4 is 23.1 Å². The van der Waals surface area contributed by atoms with Gasteiger partial charge in [-0.3, -0.25) is 13.9 Å². The number of halogens is 4. The first-order valence-electron chi connectivity index (χ1n) is 12.8. The highest BCUT2D eigenvalue weighted by atomic mass is 35.5. The van der Waals surface area contributed by atoms with Crippen LogP contribution < -0.4 is 30.9 Å². The molecule has 13 heteroatoms. The molecule has 1 fully saturated rings. The van der Waals surface area contributed by atoms with E-state index in [1.54, 1.807) is 29.2 Å².